The molecule has 1 aromatic rings. The maximum Gasteiger partial charge on any atom is 0.407 e. The molecule has 2 fully saturated rings. The number of pyridine rings is 1. The minimum Gasteiger partial charge on any atom is -0.488 e. The molecule has 3 aliphatic rings. The van der Waals surface area contributed by atoms with Gasteiger partial charge in [-0.25, -0.2) is 9.78 Å². The zero-order chi connectivity index (χ0) is 16.1. The zero-order valence-corrected chi connectivity index (χ0v) is 12.6. The normalized spacial score (nSPS) is 29.2. The molecule has 0 aliphatic carbocycles. The fourth-order valence-electron chi connectivity index (χ4n) is 3.94. The van der Waals surface area contributed by atoms with Gasteiger partial charge in [0.2, 0.25) is 5.82 Å². The van der Waals surface area contributed by atoms with E-state index in [1.165, 1.54) is 4.90 Å². The Morgan fingerprint density at radius 3 is 2.74 bits per heavy atom. The first-order valence-electron chi connectivity index (χ1n) is 7.86. The Hall–Kier alpha value is -2.09. The molecule has 3 aliphatic heterocycles. The molecule has 124 valence electrons. The Balaban J connectivity index is 1.62. The second-order valence-electron chi connectivity index (χ2n) is 6.51. The third-order valence-corrected chi connectivity index (χ3v) is 4.96. The number of rotatable bonds is 1. The van der Waals surface area contributed by atoms with Crippen molar-refractivity contribution < 1.29 is 19.0 Å². The third kappa shape index (κ3) is 2.28. The highest BCUT2D eigenvalue weighted by molar-refractivity contribution is 5.67. The lowest BCUT2D eigenvalue weighted by molar-refractivity contribution is 0.114. The van der Waals surface area contributed by atoms with Gasteiger partial charge in [0.15, 0.2) is 11.6 Å². The molecule has 2 saturated heterocycles. The minimum atomic E-state index is -0.895. The van der Waals surface area contributed by atoms with E-state index in [4.69, 9.17) is 10.5 Å². The predicted molar refractivity (Wildman–Crippen MR) is 80.3 cm³/mol. The van der Waals surface area contributed by atoms with Crippen LogP contribution < -0.4 is 15.4 Å². The highest BCUT2D eigenvalue weighted by Gasteiger charge is 2.43. The molecule has 3 N–H and O–H groups in total. The number of amides is 1. The van der Waals surface area contributed by atoms with E-state index in [1.807, 2.05) is 4.90 Å². The van der Waals surface area contributed by atoms with Crippen LogP contribution in [0.1, 0.15) is 18.4 Å². The predicted octanol–water partition coefficient (Wildman–Crippen LogP) is 0.814. The van der Waals surface area contributed by atoms with E-state index in [-0.39, 0.29) is 29.7 Å². The second-order valence-corrected chi connectivity index (χ2v) is 6.51. The average Bonchev–Trinajstić information content (AvgIpc) is 2.78. The van der Waals surface area contributed by atoms with Gasteiger partial charge in [-0.05, 0) is 19.3 Å². The number of nitrogens with zero attached hydrogens (tertiary/aromatic N) is 3. The maximum absolute atomic E-state index is 14.8. The monoisotopic (exact) mass is 322 g/mol. The second kappa shape index (κ2) is 5.23. The minimum absolute atomic E-state index is 0.0992. The van der Waals surface area contributed by atoms with Crippen LogP contribution in [0.3, 0.4) is 0 Å². The number of halogens is 1. The molecule has 0 saturated carbocycles. The summed E-state index contributed by atoms with van der Waals surface area (Å²) in [6.45, 7) is 1.22. The van der Waals surface area contributed by atoms with E-state index in [1.54, 1.807) is 6.20 Å². The van der Waals surface area contributed by atoms with Crippen LogP contribution in [0.5, 0.6) is 5.75 Å². The molecule has 1 aromatic heterocycles. The summed E-state index contributed by atoms with van der Waals surface area (Å²) in [5, 5.41) is 9.30. The van der Waals surface area contributed by atoms with Gasteiger partial charge in [-0.15, -0.1) is 0 Å². The highest BCUT2D eigenvalue weighted by atomic mass is 19.1. The van der Waals surface area contributed by atoms with Crippen molar-refractivity contribution in [3.8, 4) is 5.75 Å². The summed E-state index contributed by atoms with van der Waals surface area (Å²) in [5.41, 5.74) is 6.51. The molecule has 0 radical (unpaired) electrons. The summed E-state index contributed by atoms with van der Waals surface area (Å²) in [5.74, 6) is 0.0310. The zero-order valence-electron chi connectivity index (χ0n) is 12.6. The van der Waals surface area contributed by atoms with Crippen LogP contribution >= 0.6 is 0 Å². The van der Waals surface area contributed by atoms with Crippen molar-refractivity contribution in [2.24, 2.45) is 5.73 Å². The Labute approximate surface area is 132 Å². The molecule has 4 rings (SSSR count). The molecule has 0 aromatic carbocycles. The molecule has 8 heteroatoms. The van der Waals surface area contributed by atoms with E-state index in [9.17, 15) is 14.3 Å². The molecule has 2 bridgehead atoms. The van der Waals surface area contributed by atoms with Gasteiger partial charge in [-0.1, -0.05) is 0 Å². The van der Waals surface area contributed by atoms with E-state index in [0.29, 0.717) is 31.7 Å². The van der Waals surface area contributed by atoms with Crippen molar-refractivity contribution in [1.29, 1.82) is 0 Å². The van der Waals surface area contributed by atoms with Crippen molar-refractivity contribution in [2.45, 2.75) is 37.4 Å². The molecular weight excluding hydrogens is 303 g/mol. The molecule has 3 unspecified atom stereocenters. The molecule has 1 amide bonds. The molecule has 7 nitrogen and oxygen atoms in total. The smallest absolute Gasteiger partial charge is 0.407 e. The average molecular weight is 322 g/mol. The lowest BCUT2D eigenvalue weighted by Gasteiger charge is -2.40. The number of aromatic nitrogens is 1. The Morgan fingerprint density at radius 1 is 1.39 bits per heavy atom. The van der Waals surface area contributed by atoms with E-state index in [0.717, 1.165) is 12.8 Å². The number of carbonyl (C=O) groups is 1. The van der Waals surface area contributed by atoms with Crippen molar-refractivity contribution in [3.63, 3.8) is 0 Å². The molecule has 3 atom stereocenters. The molecule has 4 heterocycles. The quantitative estimate of drug-likeness (QED) is 0.795. The van der Waals surface area contributed by atoms with Crippen LogP contribution in [0.4, 0.5) is 15.0 Å². The summed E-state index contributed by atoms with van der Waals surface area (Å²) in [4.78, 5) is 18.9. The van der Waals surface area contributed by atoms with E-state index >= 15 is 0 Å². The Morgan fingerprint density at radius 2 is 2.09 bits per heavy atom. The summed E-state index contributed by atoms with van der Waals surface area (Å²) >= 11 is 0. The number of nitrogens with two attached hydrogens (primary N) is 1. The van der Waals surface area contributed by atoms with Gasteiger partial charge >= 0.3 is 6.09 Å². The topological polar surface area (TPSA) is 91.9 Å². The van der Waals surface area contributed by atoms with Crippen LogP contribution in [-0.4, -0.2) is 58.9 Å². The molecule has 23 heavy (non-hydrogen) atoms. The van der Waals surface area contributed by atoms with E-state index < -0.39 is 11.9 Å². The summed E-state index contributed by atoms with van der Waals surface area (Å²) < 4.78 is 20.3. The summed E-state index contributed by atoms with van der Waals surface area (Å²) in [6, 6.07) is -0.333. The van der Waals surface area contributed by atoms with Gasteiger partial charge in [0.05, 0.1) is 12.1 Å². The maximum atomic E-state index is 14.8. The van der Waals surface area contributed by atoms with Gasteiger partial charge in [-0.3, -0.25) is 4.90 Å². The van der Waals surface area contributed by atoms with Gasteiger partial charge in [0.1, 0.15) is 6.61 Å². The number of hydrogen-bond donors (Lipinski definition) is 2. The number of piperazine rings is 1. The Bertz CT molecular complexity index is 642. The number of hydrogen-bond acceptors (Lipinski definition) is 5. The van der Waals surface area contributed by atoms with Gasteiger partial charge in [0, 0.05) is 30.9 Å². The van der Waals surface area contributed by atoms with E-state index in [2.05, 4.69) is 4.98 Å². The molecule has 0 spiro atoms. The number of fused-ring (bicyclic) bond motifs is 3. The Kier molecular flexibility index (Phi) is 3.29. The SMILES string of the molecule is NC1COc2c(cnc(N3CC4CCC(C3)N4C(=O)O)c2F)C1. The summed E-state index contributed by atoms with van der Waals surface area (Å²) in [7, 11) is 0. The lowest BCUT2D eigenvalue weighted by Crippen LogP contribution is -2.56. The number of anilines is 1. The van der Waals surface area contributed by atoms with Gasteiger partial charge in [-0.2, -0.15) is 4.39 Å². The molecular formula is C15H19FN4O3. The first-order chi connectivity index (χ1) is 11.0. The summed E-state index contributed by atoms with van der Waals surface area (Å²) in [6.07, 6.45) is 2.90. The first kappa shape index (κ1) is 14.5. The van der Waals surface area contributed by atoms with Gasteiger partial charge < -0.3 is 20.5 Å². The van der Waals surface area contributed by atoms with Crippen LogP contribution in [0.2, 0.25) is 0 Å². The van der Waals surface area contributed by atoms with Crippen LogP contribution in [0.25, 0.3) is 0 Å². The largest absolute Gasteiger partial charge is 0.488 e. The number of ether oxygens (including phenoxy) is 1. The van der Waals surface area contributed by atoms with Crippen molar-refractivity contribution in [2.75, 3.05) is 24.6 Å². The van der Waals surface area contributed by atoms with Crippen molar-refractivity contribution in [1.82, 2.24) is 9.88 Å². The fourth-order valence-corrected chi connectivity index (χ4v) is 3.94. The third-order valence-electron chi connectivity index (χ3n) is 4.96. The first-order valence-corrected chi connectivity index (χ1v) is 7.86. The fraction of sp³-hybridized carbons (Fsp3) is 0.600. The van der Waals surface area contributed by atoms with Crippen molar-refractivity contribution >= 4 is 11.9 Å². The standard InChI is InChI=1S/C15H19FN4O3/c16-12-13-8(3-9(17)7-23-13)4-18-14(12)19-5-10-1-2-11(6-19)20(10)15(21)22/h4,9-11H,1-3,5-7,17H2,(H,21,22). The van der Waals surface area contributed by atoms with Crippen LogP contribution in [0, 0.1) is 5.82 Å². The van der Waals surface area contributed by atoms with Crippen LogP contribution in [-0.2, 0) is 6.42 Å². The lowest BCUT2D eigenvalue weighted by atomic mass is 10.0. The van der Waals surface area contributed by atoms with Gasteiger partial charge in [0.25, 0.3) is 0 Å². The number of carboxylic acid groups (broad SMARTS) is 1. The van der Waals surface area contributed by atoms with Crippen molar-refractivity contribution in [3.05, 3.63) is 17.6 Å². The van der Waals surface area contributed by atoms with Crippen LogP contribution in [0.15, 0.2) is 6.20 Å². The highest BCUT2D eigenvalue weighted by Crippen LogP contribution is 2.36.